The van der Waals surface area contributed by atoms with Gasteiger partial charge in [-0.2, -0.15) is 0 Å². The van der Waals surface area contributed by atoms with E-state index in [0.29, 0.717) is 11.5 Å². The Morgan fingerprint density at radius 1 is 0.947 bits per heavy atom. The molecule has 0 aliphatic carbocycles. The normalized spacial score (nSPS) is 12.3. The summed E-state index contributed by atoms with van der Waals surface area (Å²) in [4.78, 5) is 0. The van der Waals surface area contributed by atoms with Crippen molar-refractivity contribution in [1.82, 2.24) is 0 Å². The van der Waals surface area contributed by atoms with Crippen molar-refractivity contribution in [3.63, 3.8) is 0 Å². The highest BCUT2D eigenvalue weighted by Gasteiger charge is 2.04. The summed E-state index contributed by atoms with van der Waals surface area (Å²) in [6.07, 6.45) is 0. The predicted octanol–water partition coefficient (Wildman–Crippen LogP) is 2.94. The molecule has 0 amide bonds. The first-order valence-electron chi connectivity index (χ1n) is 6.26. The largest absolute Gasteiger partial charge is 0.392 e. The molecule has 0 bridgehead atoms. The Bertz CT molecular complexity index is 561. The van der Waals surface area contributed by atoms with Crippen LogP contribution >= 0.6 is 0 Å². The molecule has 0 spiro atoms. The molecule has 0 saturated carbocycles. The fourth-order valence-electron chi connectivity index (χ4n) is 1.97. The molecule has 1 atom stereocenters. The quantitative estimate of drug-likeness (QED) is 0.910. The van der Waals surface area contributed by atoms with E-state index in [-0.39, 0.29) is 6.61 Å². The lowest BCUT2D eigenvalue weighted by molar-refractivity contribution is 0.282. The molecule has 1 N–H and O–H groups in total. The molecule has 100 valence electrons. The molecule has 2 aromatic rings. The minimum Gasteiger partial charge on any atom is -0.392 e. The Labute approximate surface area is 116 Å². The van der Waals surface area contributed by atoms with Crippen LogP contribution in [-0.4, -0.2) is 9.32 Å². The molecule has 0 radical (unpaired) electrons. The Morgan fingerprint density at radius 2 is 1.58 bits per heavy atom. The van der Waals surface area contributed by atoms with Gasteiger partial charge in [-0.3, -0.25) is 4.21 Å². The average Bonchev–Trinajstić information content (AvgIpc) is 2.39. The van der Waals surface area contributed by atoms with Crippen molar-refractivity contribution >= 4 is 10.8 Å². The van der Waals surface area contributed by atoms with Crippen LogP contribution in [0.3, 0.4) is 0 Å². The van der Waals surface area contributed by atoms with E-state index in [2.05, 4.69) is 6.07 Å². The summed E-state index contributed by atoms with van der Waals surface area (Å²) in [5, 5.41) is 8.97. The van der Waals surface area contributed by atoms with Gasteiger partial charge in [0, 0.05) is 22.3 Å². The smallest absolute Gasteiger partial charge is 0.0681 e. The second kappa shape index (κ2) is 6.64. The number of rotatable bonds is 5. The highest BCUT2D eigenvalue weighted by atomic mass is 32.2. The Hall–Kier alpha value is -1.45. The van der Waals surface area contributed by atoms with Gasteiger partial charge in [-0.15, -0.1) is 0 Å². The van der Waals surface area contributed by atoms with Crippen LogP contribution in [0.2, 0.25) is 0 Å². The molecule has 0 aliphatic heterocycles. The Morgan fingerprint density at radius 3 is 2.21 bits per heavy atom. The van der Waals surface area contributed by atoms with Crippen LogP contribution in [0.1, 0.15) is 22.3 Å². The van der Waals surface area contributed by atoms with Gasteiger partial charge in [-0.05, 0) is 23.6 Å². The van der Waals surface area contributed by atoms with Crippen molar-refractivity contribution < 1.29 is 9.32 Å². The molecule has 0 fully saturated rings. The third kappa shape index (κ3) is 4.30. The van der Waals surface area contributed by atoms with Crippen LogP contribution in [0.4, 0.5) is 0 Å². The summed E-state index contributed by atoms with van der Waals surface area (Å²) >= 11 is 0. The predicted molar refractivity (Wildman–Crippen MR) is 79.1 cm³/mol. The van der Waals surface area contributed by atoms with Gasteiger partial charge in [0.1, 0.15) is 0 Å². The van der Waals surface area contributed by atoms with Crippen LogP contribution in [0.15, 0.2) is 48.5 Å². The maximum absolute atomic E-state index is 12.1. The van der Waals surface area contributed by atoms with Gasteiger partial charge in [0.15, 0.2) is 0 Å². The molecule has 1 unspecified atom stereocenters. The third-order valence-corrected chi connectivity index (χ3v) is 4.25. The van der Waals surface area contributed by atoms with E-state index in [1.807, 2.05) is 49.4 Å². The van der Waals surface area contributed by atoms with Crippen molar-refractivity contribution in [2.45, 2.75) is 25.0 Å². The molecular weight excluding hydrogens is 256 g/mol. The highest BCUT2D eigenvalue weighted by molar-refractivity contribution is 7.83. The van der Waals surface area contributed by atoms with Gasteiger partial charge in [0.05, 0.1) is 6.61 Å². The minimum atomic E-state index is -0.901. The van der Waals surface area contributed by atoms with Crippen LogP contribution in [0.25, 0.3) is 0 Å². The van der Waals surface area contributed by atoms with E-state index in [1.165, 1.54) is 5.56 Å². The van der Waals surface area contributed by atoms with Gasteiger partial charge in [0.2, 0.25) is 0 Å². The summed E-state index contributed by atoms with van der Waals surface area (Å²) in [6, 6.07) is 15.7. The van der Waals surface area contributed by atoms with Crippen molar-refractivity contribution in [3.8, 4) is 0 Å². The number of aryl methyl sites for hydroxylation is 1. The summed E-state index contributed by atoms with van der Waals surface area (Å²) < 4.78 is 12.1. The third-order valence-electron chi connectivity index (χ3n) is 2.94. The standard InChI is InChI=1S/C16H18O2S/c1-13-3-2-4-16(9-13)12-19(18)11-15-7-5-14(10-17)6-8-15/h2-9,17H,10-12H2,1H3. The van der Waals surface area contributed by atoms with Gasteiger partial charge < -0.3 is 5.11 Å². The summed E-state index contributed by atoms with van der Waals surface area (Å²) in [6.45, 7) is 2.09. The molecule has 0 aliphatic rings. The lowest BCUT2D eigenvalue weighted by Gasteiger charge is -2.05. The fourth-order valence-corrected chi connectivity index (χ4v) is 3.18. The zero-order valence-electron chi connectivity index (χ0n) is 11.0. The first kappa shape index (κ1) is 14.0. The van der Waals surface area contributed by atoms with Crippen LogP contribution in [-0.2, 0) is 28.9 Å². The topological polar surface area (TPSA) is 37.3 Å². The van der Waals surface area contributed by atoms with E-state index in [0.717, 1.165) is 16.7 Å². The van der Waals surface area contributed by atoms with Crippen LogP contribution in [0, 0.1) is 6.92 Å². The lowest BCUT2D eigenvalue weighted by atomic mass is 10.2. The first-order valence-corrected chi connectivity index (χ1v) is 7.75. The second-order valence-electron chi connectivity index (χ2n) is 4.69. The molecule has 2 nitrogen and oxygen atoms in total. The monoisotopic (exact) mass is 274 g/mol. The Balaban J connectivity index is 1.97. The van der Waals surface area contributed by atoms with Crippen molar-refractivity contribution in [2.24, 2.45) is 0 Å². The summed E-state index contributed by atoms with van der Waals surface area (Å²) in [7, 11) is -0.901. The highest BCUT2D eigenvalue weighted by Crippen LogP contribution is 2.11. The lowest BCUT2D eigenvalue weighted by Crippen LogP contribution is -2.00. The number of hydrogen-bond acceptors (Lipinski definition) is 2. The molecule has 0 aromatic heterocycles. The van der Waals surface area contributed by atoms with E-state index >= 15 is 0 Å². The zero-order valence-corrected chi connectivity index (χ0v) is 11.8. The Kier molecular flexibility index (Phi) is 4.88. The van der Waals surface area contributed by atoms with Crippen molar-refractivity contribution in [2.75, 3.05) is 0 Å². The maximum Gasteiger partial charge on any atom is 0.0681 e. The second-order valence-corrected chi connectivity index (χ2v) is 6.15. The van der Waals surface area contributed by atoms with E-state index < -0.39 is 10.8 Å². The summed E-state index contributed by atoms with van der Waals surface area (Å²) in [5.41, 5.74) is 4.24. The van der Waals surface area contributed by atoms with Crippen molar-refractivity contribution in [3.05, 3.63) is 70.8 Å². The van der Waals surface area contributed by atoms with Gasteiger partial charge in [0.25, 0.3) is 0 Å². The first-order chi connectivity index (χ1) is 9.17. The molecule has 19 heavy (non-hydrogen) atoms. The number of aliphatic hydroxyl groups excluding tert-OH is 1. The van der Waals surface area contributed by atoms with Gasteiger partial charge in [-0.1, -0.05) is 54.1 Å². The minimum absolute atomic E-state index is 0.0483. The van der Waals surface area contributed by atoms with E-state index in [9.17, 15) is 4.21 Å². The van der Waals surface area contributed by atoms with Crippen LogP contribution < -0.4 is 0 Å². The molecule has 2 aromatic carbocycles. The van der Waals surface area contributed by atoms with E-state index in [1.54, 1.807) is 0 Å². The van der Waals surface area contributed by atoms with Crippen LogP contribution in [0.5, 0.6) is 0 Å². The number of benzene rings is 2. The number of hydrogen-bond donors (Lipinski definition) is 1. The molecule has 2 rings (SSSR count). The zero-order chi connectivity index (χ0) is 13.7. The van der Waals surface area contributed by atoms with Crippen molar-refractivity contribution in [1.29, 1.82) is 0 Å². The molecular formula is C16H18O2S. The average molecular weight is 274 g/mol. The molecule has 3 heteroatoms. The molecule has 0 saturated heterocycles. The van der Waals surface area contributed by atoms with E-state index in [4.69, 9.17) is 5.11 Å². The summed E-state index contributed by atoms with van der Waals surface area (Å²) in [5.74, 6) is 1.14. The van der Waals surface area contributed by atoms with Gasteiger partial charge in [-0.25, -0.2) is 0 Å². The fraction of sp³-hybridized carbons (Fsp3) is 0.250. The molecule has 0 heterocycles. The number of aliphatic hydroxyl groups is 1. The SMILES string of the molecule is Cc1cccc(CS(=O)Cc2ccc(CO)cc2)c1. The maximum atomic E-state index is 12.1. The van der Waals surface area contributed by atoms with Gasteiger partial charge >= 0.3 is 0 Å².